The lowest BCUT2D eigenvalue weighted by Crippen LogP contribution is -2.49. The van der Waals surface area contributed by atoms with Crippen LogP contribution in [0.1, 0.15) is 62.3 Å². The lowest BCUT2D eigenvalue weighted by atomic mass is 9.84. The number of anilines is 1. The van der Waals surface area contributed by atoms with Gasteiger partial charge in [-0.25, -0.2) is 13.2 Å². The molecule has 0 radical (unpaired) electrons. The standard InChI is InChI=1S/C28H32F3N5O.2C2H6.2CH2O/c1-17-11-19(13-21(30)12-17)26(18-3-5-20(29)6-4-18)27(32)28(37)35-25-16-34-15-24(31)23(25)8-7-22-14-33-9-10-36(22)2;4*1-2/h3-6,11-13,15-16,22,26-27,33H,7-10,14,32H2,1-2H3,(H,35,37);2*1-2H3;2*1H2/t22-,26+,27+;;;;/m1..../s1. The molecular weight excluding hydrogens is 583 g/mol. The van der Waals surface area contributed by atoms with Gasteiger partial charge in [-0.05, 0) is 67.8 Å². The van der Waals surface area contributed by atoms with Crippen LogP contribution in [-0.4, -0.2) is 68.1 Å². The van der Waals surface area contributed by atoms with Crippen molar-refractivity contribution in [1.82, 2.24) is 15.2 Å². The van der Waals surface area contributed by atoms with Gasteiger partial charge in [-0.1, -0.05) is 45.9 Å². The van der Waals surface area contributed by atoms with E-state index < -0.39 is 35.3 Å². The average Bonchev–Trinajstić information content (AvgIpc) is 3.06. The zero-order valence-electron chi connectivity index (χ0n) is 27.2. The Morgan fingerprint density at radius 2 is 1.62 bits per heavy atom. The molecular formula is C34H48F3N5O3. The third-order valence-electron chi connectivity index (χ3n) is 6.95. The van der Waals surface area contributed by atoms with E-state index in [0.717, 1.165) is 25.8 Å². The summed E-state index contributed by atoms with van der Waals surface area (Å²) in [5, 5.41) is 6.10. The van der Waals surface area contributed by atoms with Gasteiger partial charge in [0.15, 0.2) is 0 Å². The number of nitrogens with one attached hydrogen (secondary N) is 2. The maximum Gasteiger partial charge on any atom is 0.242 e. The van der Waals surface area contributed by atoms with Gasteiger partial charge in [0.25, 0.3) is 0 Å². The number of carbonyl (C=O) groups excluding carboxylic acids is 3. The molecule has 1 amide bonds. The third-order valence-corrected chi connectivity index (χ3v) is 6.95. The van der Waals surface area contributed by atoms with E-state index in [1.807, 2.05) is 48.3 Å². The molecule has 3 aromatic rings. The molecule has 0 unspecified atom stereocenters. The molecule has 45 heavy (non-hydrogen) atoms. The number of nitrogens with zero attached hydrogens (tertiary/aromatic N) is 2. The fourth-order valence-corrected chi connectivity index (χ4v) is 4.91. The number of carbonyl (C=O) groups is 3. The van der Waals surface area contributed by atoms with Gasteiger partial charge in [0, 0.05) is 37.2 Å². The summed E-state index contributed by atoms with van der Waals surface area (Å²) in [6.45, 7) is 16.4. The first-order valence-corrected chi connectivity index (χ1v) is 14.9. The SMILES string of the molecule is C=O.C=O.CC.CC.Cc1cc(F)cc([C@H](c2ccc(F)cc2)[C@H](N)C(=O)Nc2cncc(F)c2CC[C@@H]2CNCCN2C)c1. The van der Waals surface area contributed by atoms with E-state index >= 15 is 0 Å². The molecule has 3 atom stereocenters. The molecule has 1 aliphatic rings. The molecule has 2 heterocycles. The zero-order chi connectivity index (χ0) is 34.5. The predicted octanol–water partition coefficient (Wildman–Crippen LogP) is 5.42. The first-order valence-electron chi connectivity index (χ1n) is 14.9. The van der Waals surface area contributed by atoms with Gasteiger partial charge in [0.1, 0.15) is 31.0 Å². The highest BCUT2D eigenvalue weighted by molar-refractivity contribution is 5.96. The van der Waals surface area contributed by atoms with Crippen LogP contribution in [0.25, 0.3) is 0 Å². The van der Waals surface area contributed by atoms with Crippen LogP contribution in [0.2, 0.25) is 0 Å². The second-order valence-corrected chi connectivity index (χ2v) is 9.63. The van der Waals surface area contributed by atoms with Gasteiger partial charge in [-0.15, -0.1) is 0 Å². The minimum atomic E-state index is -1.17. The Bertz CT molecular complexity index is 1260. The number of aromatic nitrogens is 1. The molecule has 4 rings (SSSR count). The number of amides is 1. The maximum absolute atomic E-state index is 14.8. The number of likely N-dealkylation sites (N-methyl/N-ethyl adjacent to an activating group) is 1. The smallest absolute Gasteiger partial charge is 0.242 e. The number of benzene rings is 2. The predicted molar refractivity (Wildman–Crippen MR) is 175 cm³/mol. The molecule has 0 aliphatic carbocycles. The van der Waals surface area contributed by atoms with Crippen molar-refractivity contribution in [2.75, 3.05) is 32.0 Å². The van der Waals surface area contributed by atoms with Gasteiger partial charge in [-0.2, -0.15) is 0 Å². The normalized spacial score (nSPS) is 15.1. The lowest BCUT2D eigenvalue weighted by molar-refractivity contribution is -0.117. The van der Waals surface area contributed by atoms with Gasteiger partial charge < -0.3 is 30.9 Å². The van der Waals surface area contributed by atoms with Crippen LogP contribution in [0, 0.1) is 24.4 Å². The monoisotopic (exact) mass is 631 g/mol. The quantitative estimate of drug-likeness (QED) is 0.304. The zero-order valence-corrected chi connectivity index (χ0v) is 27.2. The van der Waals surface area contributed by atoms with E-state index in [-0.39, 0.29) is 11.7 Å². The van der Waals surface area contributed by atoms with Crippen LogP contribution in [0.15, 0.2) is 54.9 Å². The molecule has 8 nitrogen and oxygen atoms in total. The minimum Gasteiger partial charge on any atom is -0.323 e. The lowest BCUT2D eigenvalue weighted by Gasteiger charge is -2.33. The molecule has 0 spiro atoms. The van der Waals surface area contributed by atoms with E-state index in [2.05, 4.69) is 20.5 Å². The summed E-state index contributed by atoms with van der Waals surface area (Å²) < 4.78 is 42.7. The number of rotatable bonds is 8. The van der Waals surface area contributed by atoms with Crippen molar-refractivity contribution in [2.45, 2.75) is 65.5 Å². The Morgan fingerprint density at radius 1 is 1.00 bits per heavy atom. The summed E-state index contributed by atoms with van der Waals surface area (Å²) in [5.74, 6) is -2.75. The number of halogens is 3. The van der Waals surface area contributed by atoms with E-state index in [1.165, 1.54) is 42.6 Å². The van der Waals surface area contributed by atoms with Crippen molar-refractivity contribution in [3.63, 3.8) is 0 Å². The van der Waals surface area contributed by atoms with Crippen molar-refractivity contribution in [2.24, 2.45) is 5.73 Å². The molecule has 1 aliphatic heterocycles. The van der Waals surface area contributed by atoms with Gasteiger partial charge >= 0.3 is 0 Å². The molecule has 1 aromatic heterocycles. The molecule has 2 aromatic carbocycles. The third kappa shape index (κ3) is 12.5. The highest BCUT2D eigenvalue weighted by atomic mass is 19.1. The Kier molecular flexibility index (Phi) is 20.6. The molecule has 1 saturated heterocycles. The maximum atomic E-state index is 14.8. The summed E-state index contributed by atoms with van der Waals surface area (Å²) in [5.41, 5.74) is 8.76. The van der Waals surface area contributed by atoms with Crippen LogP contribution >= 0.6 is 0 Å². The fourth-order valence-electron chi connectivity index (χ4n) is 4.91. The van der Waals surface area contributed by atoms with Gasteiger partial charge in [-0.3, -0.25) is 9.78 Å². The summed E-state index contributed by atoms with van der Waals surface area (Å²) in [6.07, 6.45) is 3.64. The van der Waals surface area contributed by atoms with E-state index in [4.69, 9.17) is 15.3 Å². The number of hydrogen-bond acceptors (Lipinski definition) is 7. The fraction of sp³-hybridized carbons (Fsp3) is 0.412. The molecule has 0 bridgehead atoms. The molecule has 11 heteroatoms. The first-order chi connectivity index (χ1) is 21.7. The highest BCUT2D eigenvalue weighted by Crippen LogP contribution is 2.30. The minimum absolute atomic E-state index is 0.242. The molecule has 4 N–H and O–H groups in total. The largest absolute Gasteiger partial charge is 0.323 e. The van der Waals surface area contributed by atoms with Crippen molar-refractivity contribution in [3.05, 3.63) is 94.6 Å². The Morgan fingerprint density at radius 3 is 2.20 bits per heavy atom. The van der Waals surface area contributed by atoms with Crippen molar-refractivity contribution < 1.29 is 27.6 Å². The molecule has 1 fully saturated rings. The number of piperazine rings is 1. The van der Waals surface area contributed by atoms with E-state index in [0.29, 0.717) is 35.1 Å². The van der Waals surface area contributed by atoms with Crippen LogP contribution in [0.3, 0.4) is 0 Å². The summed E-state index contributed by atoms with van der Waals surface area (Å²) >= 11 is 0. The molecule has 0 saturated carbocycles. The average molecular weight is 632 g/mol. The van der Waals surface area contributed by atoms with Crippen LogP contribution in [0.5, 0.6) is 0 Å². The second-order valence-electron chi connectivity index (χ2n) is 9.63. The summed E-state index contributed by atoms with van der Waals surface area (Å²) in [7, 11) is 2.04. The van der Waals surface area contributed by atoms with Crippen molar-refractivity contribution in [1.29, 1.82) is 0 Å². The molecule has 248 valence electrons. The van der Waals surface area contributed by atoms with E-state index in [1.54, 1.807) is 13.0 Å². The summed E-state index contributed by atoms with van der Waals surface area (Å²) in [6, 6.07) is 9.10. The summed E-state index contributed by atoms with van der Waals surface area (Å²) in [4.78, 5) is 35.5. The van der Waals surface area contributed by atoms with Crippen molar-refractivity contribution >= 4 is 25.2 Å². The van der Waals surface area contributed by atoms with E-state index in [9.17, 15) is 18.0 Å². The number of aryl methyl sites for hydroxylation is 1. The first kappa shape index (κ1) is 41.1. The van der Waals surface area contributed by atoms with Crippen LogP contribution in [0.4, 0.5) is 18.9 Å². The second kappa shape index (κ2) is 22.6. The van der Waals surface area contributed by atoms with Gasteiger partial charge in [0.05, 0.1) is 24.1 Å². The number of hydrogen-bond donors (Lipinski definition) is 3. The Labute approximate surface area is 265 Å². The Balaban J connectivity index is 0.00000224. The Hall–Kier alpha value is -3.93. The highest BCUT2D eigenvalue weighted by Gasteiger charge is 2.29. The van der Waals surface area contributed by atoms with Crippen LogP contribution < -0.4 is 16.4 Å². The van der Waals surface area contributed by atoms with Crippen molar-refractivity contribution in [3.8, 4) is 0 Å². The number of pyridine rings is 1. The van der Waals surface area contributed by atoms with Gasteiger partial charge in [0.2, 0.25) is 5.91 Å². The number of nitrogens with two attached hydrogens (primary N) is 1. The van der Waals surface area contributed by atoms with Crippen LogP contribution in [-0.2, 0) is 20.8 Å². The topological polar surface area (TPSA) is 117 Å².